The van der Waals surface area contributed by atoms with E-state index in [1.165, 1.54) is 0 Å². The Labute approximate surface area is 186 Å². The minimum absolute atomic E-state index is 0.0718. The summed E-state index contributed by atoms with van der Waals surface area (Å²) in [4.78, 5) is 44.5. The van der Waals surface area contributed by atoms with Crippen LogP contribution < -0.4 is 10.5 Å². The van der Waals surface area contributed by atoms with Crippen molar-refractivity contribution in [3.05, 3.63) is 70.3 Å². The largest absolute Gasteiger partial charge is 0.452 e. The summed E-state index contributed by atoms with van der Waals surface area (Å²) in [6.07, 6.45) is 3.78. The first-order valence-corrected chi connectivity index (χ1v) is 11.0. The Hall–Kier alpha value is -3.48. The van der Waals surface area contributed by atoms with Crippen LogP contribution in [0.1, 0.15) is 49.3 Å². The summed E-state index contributed by atoms with van der Waals surface area (Å²) in [5.41, 5.74) is 1.43. The number of rotatable bonds is 5. The lowest BCUT2D eigenvalue weighted by Gasteiger charge is -2.26. The first kappa shape index (κ1) is 21.7. The van der Waals surface area contributed by atoms with Crippen molar-refractivity contribution >= 4 is 28.5 Å². The number of amides is 1. The van der Waals surface area contributed by atoms with Gasteiger partial charge in [-0.25, -0.2) is 9.78 Å². The molecule has 7 nitrogen and oxygen atoms in total. The lowest BCUT2D eigenvalue weighted by atomic mass is 10.1. The third-order valence-electron chi connectivity index (χ3n) is 5.70. The number of carbonyl (C=O) groups is 2. The van der Waals surface area contributed by atoms with Crippen LogP contribution in [0.25, 0.3) is 10.9 Å². The van der Waals surface area contributed by atoms with Gasteiger partial charge in [0.1, 0.15) is 5.82 Å². The SMILES string of the molecule is CC(C)N(C(=O)COC(=O)c1ccc2c(=O)n3c(nc2c1)CCCCC3)c1ccccc1. The summed E-state index contributed by atoms with van der Waals surface area (Å²) in [6.45, 7) is 4.12. The fraction of sp³-hybridized carbons (Fsp3) is 0.360. The molecule has 1 aliphatic heterocycles. The molecule has 32 heavy (non-hydrogen) atoms. The first-order valence-electron chi connectivity index (χ1n) is 11.0. The van der Waals surface area contributed by atoms with Gasteiger partial charge in [0.2, 0.25) is 0 Å². The average Bonchev–Trinajstić information content (AvgIpc) is 3.03. The zero-order chi connectivity index (χ0) is 22.7. The Morgan fingerprint density at radius 2 is 1.88 bits per heavy atom. The molecule has 0 radical (unpaired) electrons. The van der Waals surface area contributed by atoms with Crippen LogP contribution in [-0.4, -0.2) is 34.1 Å². The van der Waals surface area contributed by atoms with Crippen LogP contribution in [0, 0.1) is 0 Å². The third kappa shape index (κ3) is 4.42. The summed E-state index contributed by atoms with van der Waals surface area (Å²) >= 11 is 0. The number of benzene rings is 2. The van der Waals surface area contributed by atoms with E-state index in [1.54, 1.807) is 27.7 Å². The second-order valence-corrected chi connectivity index (χ2v) is 8.30. The highest BCUT2D eigenvalue weighted by Crippen LogP contribution is 2.19. The van der Waals surface area contributed by atoms with Crippen molar-refractivity contribution < 1.29 is 14.3 Å². The molecule has 2 heterocycles. The van der Waals surface area contributed by atoms with Crippen molar-refractivity contribution in [1.82, 2.24) is 9.55 Å². The molecule has 0 N–H and O–H groups in total. The van der Waals surface area contributed by atoms with Gasteiger partial charge in [0.15, 0.2) is 6.61 Å². The summed E-state index contributed by atoms with van der Waals surface area (Å²) < 4.78 is 7.06. The van der Waals surface area contributed by atoms with E-state index in [1.807, 2.05) is 44.2 Å². The molecule has 166 valence electrons. The molecule has 0 saturated heterocycles. The molecule has 1 amide bonds. The number of hydrogen-bond acceptors (Lipinski definition) is 5. The van der Waals surface area contributed by atoms with Crippen LogP contribution in [0.4, 0.5) is 5.69 Å². The second kappa shape index (κ2) is 9.34. The molecule has 2 aromatic carbocycles. The zero-order valence-corrected chi connectivity index (χ0v) is 18.4. The van der Waals surface area contributed by atoms with Gasteiger partial charge in [-0.05, 0) is 57.0 Å². The summed E-state index contributed by atoms with van der Waals surface area (Å²) in [6, 6.07) is 13.9. The number of anilines is 1. The molecule has 1 aromatic heterocycles. The van der Waals surface area contributed by atoms with Crippen LogP contribution in [0.5, 0.6) is 0 Å². The average molecular weight is 434 g/mol. The highest BCUT2D eigenvalue weighted by atomic mass is 16.5. The zero-order valence-electron chi connectivity index (χ0n) is 18.4. The van der Waals surface area contributed by atoms with E-state index in [9.17, 15) is 14.4 Å². The monoisotopic (exact) mass is 433 g/mol. The molecule has 4 rings (SSSR count). The molecule has 0 spiro atoms. The molecule has 0 aliphatic carbocycles. The number of esters is 1. The molecule has 0 unspecified atom stereocenters. The van der Waals surface area contributed by atoms with Gasteiger partial charge in [0, 0.05) is 24.7 Å². The fourth-order valence-corrected chi connectivity index (χ4v) is 4.14. The van der Waals surface area contributed by atoms with E-state index in [2.05, 4.69) is 4.98 Å². The van der Waals surface area contributed by atoms with Gasteiger partial charge < -0.3 is 9.64 Å². The van der Waals surface area contributed by atoms with Crippen LogP contribution in [-0.2, 0) is 22.5 Å². The molecular formula is C25H27N3O4. The maximum atomic E-state index is 12.9. The van der Waals surface area contributed by atoms with Gasteiger partial charge in [-0.1, -0.05) is 24.6 Å². The van der Waals surface area contributed by atoms with Gasteiger partial charge in [0.25, 0.3) is 11.5 Å². The predicted octanol–water partition coefficient (Wildman–Crippen LogP) is 3.72. The Balaban J connectivity index is 1.52. The predicted molar refractivity (Wildman–Crippen MR) is 123 cm³/mol. The topological polar surface area (TPSA) is 81.5 Å². The minimum Gasteiger partial charge on any atom is -0.452 e. The highest BCUT2D eigenvalue weighted by Gasteiger charge is 2.21. The van der Waals surface area contributed by atoms with E-state index in [-0.39, 0.29) is 29.7 Å². The molecule has 0 bridgehead atoms. The van der Waals surface area contributed by atoms with E-state index in [0.29, 0.717) is 17.4 Å². The number of ether oxygens (including phenoxy) is 1. The van der Waals surface area contributed by atoms with Crippen LogP contribution >= 0.6 is 0 Å². The number of para-hydroxylation sites is 1. The number of hydrogen-bond donors (Lipinski definition) is 0. The molecule has 3 aromatic rings. The quantitative estimate of drug-likeness (QED) is 0.573. The Bertz CT molecular complexity index is 1200. The molecule has 7 heteroatoms. The van der Waals surface area contributed by atoms with Gasteiger partial charge in [-0.3, -0.25) is 14.2 Å². The molecule has 0 fully saturated rings. The van der Waals surface area contributed by atoms with Crippen molar-refractivity contribution in [2.75, 3.05) is 11.5 Å². The van der Waals surface area contributed by atoms with Crippen molar-refractivity contribution in [3.8, 4) is 0 Å². The number of nitrogens with zero attached hydrogens (tertiary/aromatic N) is 3. The van der Waals surface area contributed by atoms with Gasteiger partial charge in [-0.15, -0.1) is 0 Å². The number of carbonyl (C=O) groups excluding carboxylic acids is 2. The van der Waals surface area contributed by atoms with E-state index >= 15 is 0 Å². The minimum atomic E-state index is -0.617. The molecule has 1 aliphatic rings. The van der Waals surface area contributed by atoms with Gasteiger partial charge in [0.05, 0.1) is 16.5 Å². The van der Waals surface area contributed by atoms with Gasteiger partial charge in [-0.2, -0.15) is 0 Å². The lowest BCUT2D eigenvalue weighted by molar-refractivity contribution is -0.122. The van der Waals surface area contributed by atoms with Crippen molar-refractivity contribution in [3.63, 3.8) is 0 Å². The maximum Gasteiger partial charge on any atom is 0.338 e. The molecule has 0 saturated carbocycles. The van der Waals surface area contributed by atoms with Crippen LogP contribution in [0.3, 0.4) is 0 Å². The molecule has 0 atom stereocenters. The Morgan fingerprint density at radius 1 is 1.09 bits per heavy atom. The number of aryl methyl sites for hydroxylation is 1. The highest BCUT2D eigenvalue weighted by molar-refractivity contribution is 5.98. The van der Waals surface area contributed by atoms with Crippen molar-refractivity contribution in [1.29, 1.82) is 0 Å². The first-order chi connectivity index (χ1) is 15.5. The summed E-state index contributed by atoms with van der Waals surface area (Å²) in [5, 5.41) is 0.485. The Morgan fingerprint density at radius 3 is 2.62 bits per heavy atom. The standard InChI is InChI=1S/C25H27N3O4/c1-17(2)28(19-9-5-3-6-10-19)23(29)16-32-25(31)18-12-13-20-21(15-18)26-22-11-7-4-8-14-27(22)24(20)30/h3,5-6,9-10,12-13,15,17H,4,7-8,11,14,16H2,1-2H3. The smallest absolute Gasteiger partial charge is 0.338 e. The van der Waals surface area contributed by atoms with E-state index in [4.69, 9.17) is 4.74 Å². The number of fused-ring (bicyclic) bond motifs is 2. The van der Waals surface area contributed by atoms with Gasteiger partial charge >= 0.3 is 5.97 Å². The number of aromatic nitrogens is 2. The maximum absolute atomic E-state index is 12.9. The Kier molecular flexibility index (Phi) is 6.35. The molecular weight excluding hydrogens is 406 g/mol. The van der Waals surface area contributed by atoms with E-state index in [0.717, 1.165) is 37.2 Å². The second-order valence-electron chi connectivity index (χ2n) is 8.30. The van der Waals surface area contributed by atoms with Crippen molar-refractivity contribution in [2.45, 2.75) is 52.1 Å². The fourth-order valence-electron chi connectivity index (χ4n) is 4.14. The lowest BCUT2D eigenvalue weighted by Crippen LogP contribution is -2.39. The normalized spacial score (nSPS) is 13.5. The third-order valence-corrected chi connectivity index (χ3v) is 5.70. The summed E-state index contributed by atoms with van der Waals surface area (Å²) in [7, 11) is 0. The summed E-state index contributed by atoms with van der Waals surface area (Å²) in [5.74, 6) is -0.160. The van der Waals surface area contributed by atoms with E-state index < -0.39 is 5.97 Å². The van der Waals surface area contributed by atoms with Crippen LogP contribution in [0.15, 0.2) is 53.3 Å². The van der Waals surface area contributed by atoms with Crippen molar-refractivity contribution in [2.24, 2.45) is 0 Å². The van der Waals surface area contributed by atoms with Crippen LogP contribution in [0.2, 0.25) is 0 Å².